The maximum atomic E-state index is 13.4. The van der Waals surface area contributed by atoms with Crippen LogP contribution in [-0.4, -0.2) is 251 Å². The SMILES string of the molecule is C/C=C(\C)C(=O)OC1CC2C(CC=C3CC(OC4CC(OC)C(OC5CC(OC)C(OC6CC(OC)C(OC7CC(OC)C(OC8CC(OC)C(OC9OC(CO)C(O)C(O)C9O)C(C)O8)C(C)O7)C(C)O6)C(C)O5)C(C)O4)CCC32C)C2(O)CCC(C(C)=O)C12C. The predicted octanol–water partition coefficient (Wildman–Crippen LogP) is 4.62. The number of aliphatic hydroxyl groups is 5. The molecule has 33 atom stereocenters. The van der Waals surface area contributed by atoms with E-state index in [1.165, 1.54) is 12.7 Å². The van der Waals surface area contributed by atoms with Crippen molar-refractivity contribution >= 4 is 11.8 Å². The zero-order valence-corrected chi connectivity index (χ0v) is 56.6. The van der Waals surface area contributed by atoms with E-state index in [0.29, 0.717) is 63.4 Å². The van der Waals surface area contributed by atoms with Gasteiger partial charge in [0.25, 0.3) is 0 Å². The number of esters is 1. The molecule has 5 N–H and O–H groups in total. The van der Waals surface area contributed by atoms with Crippen LogP contribution in [-0.2, 0) is 94.9 Å². The van der Waals surface area contributed by atoms with E-state index in [4.69, 9.17) is 85.3 Å². The summed E-state index contributed by atoms with van der Waals surface area (Å²) >= 11 is 0. The minimum absolute atomic E-state index is 0.0303. The summed E-state index contributed by atoms with van der Waals surface area (Å²) in [6.07, 6.45) is -8.76. The molecule has 0 aromatic carbocycles. The summed E-state index contributed by atoms with van der Waals surface area (Å²) < 4.78 is 114. The van der Waals surface area contributed by atoms with Gasteiger partial charge in [-0.05, 0) is 118 Å². The maximum Gasteiger partial charge on any atom is 0.333 e. The molecule has 25 nitrogen and oxygen atoms in total. The lowest BCUT2D eigenvalue weighted by atomic mass is 9.45. The van der Waals surface area contributed by atoms with Gasteiger partial charge in [-0.1, -0.05) is 31.6 Å². The Bertz CT molecular complexity index is 2520. The summed E-state index contributed by atoms with van der Waals surface area (Å²) in [5, 5.41) is 53.9. The number of Topliss-reactive ketones (excluding diaryl/α,β-unsaturated/α-hetero) is 1. The van der Waals surface area contributed by atoms with Crippen molar-refractivity contribution in [2.24, 2.45) is 28.6 Å². The molecule has 0 aromatic heterocycles. The highest BCUT2D eigenvalue weighted by Gasteiger charge is 2.72. The van der Waals surface area contributed by atoms with Gasteiger partial charge in [0.05, 0.1) is 79.4 Å². The lowest BCUT2D eigenvalue weighted by molar-refractivity contribution is -0.360. The topological polar surface area (TPSA) is 301 Å². The molecule has 6 heterocycles. The van der Waals surface area contributed by atoms with Gasteiger partial charge in [-0.3, -0.25) is 4.79 Å². The van der Waals surface area contributed by atoms with Crippen molar-refractivity contribution in [2.75, 3.05) is 42.2 Å². The summed E-state index contributed by atoms with van der Waals surface area (Å²) in [5.74, 6) is -0.804. The smallest absolute Gasteiger partial charge is 0.333 e. The summed E-state index contributed by atoms with van der Waals surface area (Å²) in [6.45, 7) is 18.3. The van der Waals surface area contributed by atoms with E-state index in [0.717, 1.165) is 12.8 Å². The molecule has 92 heavy (non-hydrogen) atoms. The normalized spacial score (nSPS) is 50.0. The highest BCUT2D eigenvalue weighted by Crippen LogP contribution is 2.69. The summed E-state index contributed by atoms with van der Waals surface area (Å²) in [6, 6.07) is 0. The maximum absolute atomic E-state index is 13.4. The third kappa shape index (κ3) is 14.2. The minimum atomic E-state index is -1.60. The number of methoxy groups -OCH3 is 5. The largest absolute Gasteiger partial charge is 0.458 e. The van der Waals surface area contributed by atoms with Crippen molar-refractivity contribution in [3.05, 3.63) is 23.3 Å². The number of rotatable bonds is 21. The van der Waals surface area contributed by atoms with Crippen LogP contribution in [0.1, 0.15) is 146 Å². The first-order chi connectivity index (χ1) is 43.8. The number of carbonyl (C=O) groups excluding carboxylic acids is 2. The van der Waals surface area contributed by atoms with Crippen LogP contribution >= 0.6 is 0 Å². The van der Waals surface area contributed by atoms with Crippen molar-refractivity contribution < 1.29 is 120 Å². The van der Waals surface area contributed by atoms with Crippen LogP contribution in [0.2, 0.25) is 0 Å². The van der Waals surface area contributed by atoms with Crippen molar-refractivity contribution in [1.29, 1.82) is 0 Å². The molecule has 0 amide bonds. The Balaban J connectivity index is 0.690. The lowest BCUT2D eigenvalue weighted by Gasteiger charge is -2.63. The molecule has 0 radical (unpaired) electrons. The number of hydrogen-bond acceptors (Lipinski definition) is 25. The quantitative estimate of drug-likeness (QED) is 0.0595. The van der Waals surface area contributed by atoms with Crippen LogP contribution in [0.15, 0.2) is 23.3 Å². The fourth-order valence-corrected chi connectivity index (χ4v) is 17.6. The van der Waals surface area contributed by atoms with E-state index in [2.05, 4.69) is 13.0 Å². The number of ether oxygens (including phenoxy) is 18. The van der Waals surface area contributed by atoms with Gasteiger partial charge in [0, 0.05) is 84.6 Å². The molecule has 33 unspecified atom stereocenters. The molecule has 0 spiro atoms. The molecule has 6 aliphatic heterocycles. The summed E-state index contributed by atoms with van der Waals surface area (Å²) in [5.41, 5.74) is -0.526. The zero-order valence-electron chi connectivity index (χ0n) is 56.6. The van der Waals surface area contributed by atoms with E-state index in [1.54, 1.807) is 55.3 Å². The average molecular weight is 1310 g/mol. The van der Waals surface area contributed by atoms with E-state index < -0.39 is 183 Å². The molecule has 10 rings (SSSR count). The molecule has 9 fully saturated rings. The van der Waals surface area contributed by atoms with Crippen LogP contribution in [0.4, 0.5) is 0 Å². The Hall–Kier alpha value is -2.26. The standard InChI is InChI=1S/C67H108O25/c1-16-31(2)63(73)87-49-24-42-41(67(74)22-20-40(32(3)69)66(49,67)10)18-17-38-23-39(19-21-65(38,42)9)85-50-25-43(75-11)58(33(4)80-50)88-51-26-44(76-12)59(34(5)81-51)89-52-27-45(77-13)60(35(6)82-52)90-53-28-46(78-14)61(36(7)83-53)91-54-29-47(79-15)62(37(8)84-54)92-64-57(72)56(71)55(70)48(30-68)86-64/h16-17,33-37,39-62,64,68,70-72,74H,18-30H2,1-15H3/b31-16+. The summed E-state index contributed by atoms with van der Waals surface area (Å²) in [7, 11) is 8.07. The average Bonchev–Trinajstić information content (AvgIpc) is 1.43. The zero-order chi connectivity index (χ0) is 66.5. The third-order valence-corrected chi connectivity index (χ3v) is 23.1. The van der Waals surface area contributed by atoms with Gasteiger partial charge < -0.3 is 111 Å². The molecule has 0 aromatic rings. The highest BCUT2D eigenvalue weighted by atomic mass is 16.8. The number of aliphatic hydroxyl groups excluding tert-OH is 4. The van der Waals surface area contributed by atoms with Gasteiger partial charge >= 0.3 is 5.97 Å². The molecule has 3 saturated carbocycles. The third-order valence-electron chi connectivity index (χ3n) is 23.1. The lowest BCUT2D eigenvalue weighted by Crippen LogP contribution is -2.66. The molecule has 526 valence electrons. The van der Waals surface area contributed by atoms with E-state index in [1.807, 2.05) is 41.5 Å². The van der Waals surface area contributed by atoms with Gasteiger partial charge in [0.2, 0.25) is 0 Å². The minimum Gasteiger partial charge on any atom is -0.458 e. The molecule has 10 aliphatic rings. The van der Waals surface area contributed by atoms with Gasteiger partial charge in [-0.25, -0.2) is 4.79 Å². The first-order valence-electron chi connectivity index (χ1n) is 33.7. The number of fused-ring (bicyclic) bond motifs is 5. The van der Waals surface area contributed by atoms with Crippen LogP contribution in [0.5, 0.6) is 0 Å². The first-order valence-corrected chi connectivity index (χ1v) is 33.7. The fourth-order valence-electron chi connectivity index (χ4n) is 17.6. The number of ketones is 1. The van der Waals surface area contributed by atoms with Crippen molar-refractivity contribution in [3.63, 3.8) is 0 Å². The second kappa shape index (κ2) is 30.1. The van der Waals surface area contributed by atoms with Gasteiger partial charge in [-0.2, -0.15) is 0 Å². The Morgan fingerprint density at radius 3 is 1.39 bits per heavy atom. The molecular formula is C67H108O25. The Morgan fingerprint density at radius 1 is 0.565 bits per heavy atom. The molecule has 0 bridgehead atoms. The number of carbonyl (C=O) groups is 2. The second-order valence-corrected chi connectivity index (χ2v) is 28.2. The van der Waals surface area contributed by atoms with Crippen LogP contribution in [0.3, 0.4) is 0 Å². The molecule has 4 aliphatic carbocycles. The highest BCUT2D eigenvalue weighted by molar-refractivity contribution is 5.88. The number of allylic oxidation sites excluding steroid dienone is 2. The van der Waals surface area contributed by atoms with Crippen molar-refractivity contribution in [3.8, 4) is 0 Å². The monoisotopic (exact) mass is 1310 g/mol. The second-order valence-electron chi connectivity index (χ2n) is 28.2. The van der Waals surface area contributed by atoms with Gasteiger partial charge in [0.1, 0.15) is 66.8 Å². The van der Waals surface area contributed by atoms with Crippen LogP contribution < -0.4 is 0 Å². The Morgan fingerprint density at radius 2 is 0.989 bits per heavy atom. The van der Waals surface area contributed by atoms with Crippen LogP contribution in [0.25, 0.3) is 0 Å². The Labute approximate surface area is 542 Å². The number of hydrogen-bond donors (Lipinski definition) is 5. The Kier molecular flexibility index (Phi) is 23.7. The fraction of sp³-hybridized carbons (Fsp3) is 0.910. The van der Waals surface area contributed by atoms with E-state index in [-0.39, 0.29) is 41.7 Å². The van der Waals surface area contributed by atoms with E-state index >= 15 is 0 Å². The van der Waals surface area contributed by atoms with E-state index in [9.17, 15) is 35.1 Å². The molecule has 6 saturated heterocycles. The predicted molar refractivity (Wildman–Crippen MR) is 324 cm³/mol. The van der Waals surface area contributed by atoms with Gasteiger partial charge in [-0.15, -0.1) is 0 Å². The first kappa shape index (κ1) is 72.5. The van der Waals surface area contributed by atoms with Crippen LogP contribution in [0, 0.1) is 28.6 Å². The molecule has 25 heteroatoms. The van der Waals surface area contributed by atoms with Crippen molar-refractivity contribution in [2.45, 2.75) is 318 Å². The van der Waals surface area contributed by atoms with Gasteiger partial charge in [0.15, 0.2) is 37.7 Å². The summed E-state index contributed by atoms with van der Waals surface area (Å²) in [4.78, 5) is 26.6. The molecular weight excluding hydrogens is 1200 g/mol. The van der Waals surface area contributed by atoms with Crippen molar-refractivity contribution in [1.82, 2.24) is 0 Å².